The molecule has 2 rings (SSSR count). The molecule has 1 atom stereocenters. The smallest absolute Gasteiger partial charge is 0.324 e. The highest BCUT2D eigenvalue weighted by atomic mass is 32.1. The van der Waals surface area contributed by atoms with E-state index in [-0.39, 0.29) is 21.7 Å². The predicted molar refractivity (Wildman–Crippen MR) is 64.5 cm³/mol. The van der Waals surface area contributed by atoms with Crippen molar-refractivity contribution in [3.8, 4) is 0 Å². The SMILES string of the molecule is CC1C(=O)NCCN1C(=O)c1ccc([N+](=O)[O-])s1. The van der Waals surface area contributed by atoms with Gasteiger partial charge >= 0.3 is 5.00 Å². The molecule has 0 aliphatic carbocycles. The zero-order valence-electron chi connectivity index (χ0n) is 9.58. The number of piperazine rings is 1. The van der Waals surface area contributed by atoms with Crippen LogP contribution in [0.1, 0.15) is 16.6 Å². The van der Waals surface area contributed by atoms with Crippen molar-refractivity contribution in [2.24, 2.45) is 0 Å². The molecule has 7 nitrogen and oxygen atoms in total. The summed E-state index contributed by atoms with van der Waals surface area (Å²) in [6, 6.07) is 2.17. The highest BCUT2D eigenvalue weighted by Crippen LogP contribution is 2.25. The molecule has 1 aliphatic heterocycles. The van der Waals surface area contributed by atoms with E-state index >= 15 is 0 Å². The van der Waals surface area contributed by atoms with Crippen LogP contribution in [0.4, 0.5) is 5.00 Å². The van der Waals surface area contributed by atoms with Gasteiger partial charge in [-0.3, -0.25) is 19.7 Å². The van der Waals surface area contributed by atoms with E-state index in [9.17, 15) is 19.7 Å². The van der Waals surface area contributed by atoms with Gasteiger partial charge in [0.15, 0.2) is 0 Å². The molecule has 1 aromatic heterocycles. The molecule has 1 aromatic rings. The van der Waals surface area contributed by atoms with Crippen LogP contribution in [-0.4, -0.2) is 40.8 Å². The average Bonchev–Trinajstić information content (AvgIpc) is 2.81. The van der Waals surface area contributed by atoms with E-state index in [1.807, 2.05) is 0 Å². The second-order valence-electron chi connectivity index (χ2n) is 3.86. The Bertz CT molecular complexity index is 513. The molecule has 2 amide bonds. The maximum atomic E-state index is 12.1. The molecule has 1 aliphatic rings. The minimum Gasteiger partial charge on any atom is -0.353 e. The Labute approximate surface area is 107 Å². The van der Waals surface area contributed by atoms with Gasteiger partial charge in [-0.25, -0.2) is 0 Å². The van der Waals surface area contributed by atoms with E-state index in [0.29, 0.717) is 13.1 Å². The van der Waals surface area contributed by atoms with Gasteiger partial charge in [0.25, 0.3) is 5.91 Å². The summed E-state index contributed by atoms with van der Waals surface area (Å²) in [5, 5.41) is 13.1. The Hall–Kier alpha value is -1.96. The first-order valence-electron chi connectivity index (χ1n) is 5.33. The first kappa shape index (κ1) is 12.5. The van der Waals surface area contributed by atoms with E-state index in [1.54, 1.807) is 6.92 Å². The van der Waals surface area contributed by atoms with Crippen molar-refractivity contribution < 1.29 is 14.5 Å². The maximum Gasteiger partial charge on any atom is 0.324 e. The van der Waals surface area contributed by atoms with Crippen LogP contribution < -0.4 is 5.32 Å². The number of hydrogen-bond donors (Lipinski definition) is 1. The van der Waals surface area contributed by atoms with E-state index in [2.05, 4.69) is 5.32 Å². The minimum absolute atomic E-state index is 0.0764. The van der Waals surface area contributed by atoms with Crippen LogP contribution in [0.5, 0.6) is 0 Å². The topological polar surface area (TPSA) is 92.6 Å². The molecule has 1 N–H and O–H groups in total. The van der Waals surface area contributed by atoms with Crippen LogP contribution in [0.3, 0.4) is 0 Å². The molecule has 1 fully saturated rings. The predicted octanol–water partition coefficient (Wildman–Crippen LogP) is 0.617. The van der Waals surface area contributed by atoms with E-state index in [1.165, 1.54) is 17.0 Å². The molecular formula is C10H11N3O4S. The quantitative estimate of drug-likeness (QED) is 0.629. The summed E-state index contributed by atoms with van der Waals surface area (Å²) in [6.07, 6.45) is 0. The van der Waals surface area contributed by atoms with Crippen molar-refractivity contribution in [3.05, 3.63) is 27.1 Å². The summed E-state index contributed by atoms with van der Waals surface area (Å²) >= 11 is 0.824. The monoisotopic (exact) mass is 269 g/mol. The number of nitrogens with one attached hydrogen (secondary N) is 1. The van der Waals surface area contributed by atoms with Crippen molar-refractivity contribution in [1.82, 2.24) is 10.2 Å². The van der Waals surface area contributed by atoms with Crippen LogP contribution in [0, 0.1) is 10.1 Å². The molecule has 8 heteroatoms. The summed E-state index contributed by atoms with van der Waals surface area (Å²) in [6.45, 7) is 2.45. The van der Waals surface area contributed by atoms with E-state index in [4.69, 9.17) is 0 Å². The summed E-state index contributed by atoms with van der Waals surface area (Å²) in [4.78, 5) is 35.3. The highest BCUT2D eigenvalue weighted by molar-refractivity contribution is 7.17. The Morgan fingerprint density at radius 3 is 2.94 bits per heavy atom. The van der Waals surface area contributed by atoms with Crippen LogP contribution in [0.15, 0.2) is 12.1 Å². The number of thiophene rings is 1. The molecule has 0 aromatic carbocycles. The van der Waals surface area contributed by atoms with Crippen molar-refractivity contribution >= 4 is 28.2 Å². The molecule has 0 saturated carbocycles. The number of carbonyl (C=O) groups is 2. The fourth-order valence-corrected chi connectivity index (χ4v) is 2.52. The van der Waals surface area contributed by atoms with Crippen LogP contribution in [0.25, 0.3) is 0 Å². The third-order valence-electron chi connectivity index (χ3n) is 2.74. The number of nitrogens with zero attached hydrogens (tertiary/aromatic N) is 2. The zero-order valence-corrected chi connectivity index (χ0v) is 10.4. The largest absolute Gasteiger partial charge is 0.353 e. The second kappa shape index (κ2) is 4.73. The zero-order chi connectivity index (χ0) is 13.3. The lowest BCUT2D eigenvalue weighted by molar-refractivity contribution is -0.380. The fourth-order valence-electron chi connectivity index (χ4n) is 1.74. The van der Waals surface area contributed by atoms with Crippen LogP contribution in [0.2, 0.25) is 0 Å². The number of rotatable bonds is 2. The van der Waals surface area contributed by atoms with Gasteiger partial charge in [0.2, 0.25) is 5.91 Å². The molecule has 2 heterocycles. The molecule has 0 spiro atoms. The number of carbonyl (C=O) groups excluding carboxylic acids is 2. The van der Waals surface area contributed by atoms with Gasteiger partial charge in [0.05, 0.1) is 9.80 Å². The molecule has 18 heavy (non-hydrogen) atoms. The Morgan fingerprint density at radius 2 is 2.33 bits per heavy atom. The summed E-state index contributed by atoms with van der Waals surface area (Å²) in [5.41, 5.74) is 0. The normalized spacial score (nSPS) is 19.5. The van der Waals surface area contributed by atoms with Gasteiger partial charge in [-0.05, 0) is 13.0 Å². The molecule has 0 radical (unpaired) electrons. The van der Waals surface area contributed by atoms with Crippen molar-refractivity contribution in [2.45, 2.75) is 13.0 Å². The third kappa shape index (κ3) is 2.19. The van der Waals surface area contributed by atoms with Crippen molar-refractivity contribution in [3.63, 3.8) is 0 Å². The van der Waals surface area contributed by atoms with Gasteiger partial charge in [0, 0.05) is 19.2 Å². The minimum atomic E-state index is -0.549. The summed E-state index contributed by atoms with van der Waals surface area (Å²) < 4.78 is 0. The van der Waals surface area contributed by atoms with Gasteiger partial charge in [0.1, 0.15) is 6.04 Å². The Balaban J connectivity index is 2.19. The molecule has 96 valence electrons. The van der Waals surface area contributed by atoms with Gasteiger partial charge in [-0.15, -0.1) is 0 Å². The Kier molecular flexibility index (Phi) is 3.28. The van der Waals surface area contributed by atoms with Crippen molar-refractivity contribution in [2.75, 3.05) is 13.1 Å². The second-order valence-corrected chi connectivity index (χ2v) is 4.92. The summed E-state index contributed by atoms with van der Waals surface area (Å²) in [7, 11) is 0. The van der Waals surface area contributed by atoms with Crippen LogP contribution in [-0.2, 0) is 4.79 Å². The lowest BCUT2D eigenvalue weighted by Gasteiger charge is -2.32. The Morgan fingerprint density at radius 1 is 1.61 bits per heavy atom. The molecule has 1 saturated heterocycles. The number of nitro groups is 1. The molecule has 1 unspecified atom stereocenters. The van der Waals surface area contributed by atoms with Gasteiger partial charge in [-0.2, -0.15) is 0 Å². The fraction of sp³-hybridized carbons (Fsp3) is 0.400. The average molecular weight is 269 g/mol. The van der Waals surface area contributed by atoms with E-state index < -0.39 is 11.0 Å². The van der Waals surface area contributed by atoms with Gasteiger partial charge < -0.3 is 10.2 Å². The molecular weight excluding hydrogens is 258 g/mol. The van der Waals surface area contributed by atoms with Crippen molar-refractivity contribution in [1.29, 1.82) is 0 Å². The number of amides is 2. The first-order valence-corrected chi connectivity index (χ1v) is 6.15. The molecule has 0 bridgehead atoms. The lowest BCUT2D eigenvalue weighted by atomic mass is 10.2. The first-order chi connectivity index (χ1) is 8.50. The van der Waals surface area contributed by atoms with Crippen LogP contribution >= 0.6 is 11.3 Å². The van der Waals surface area contributed by atoms with Gasteiger partial charge in [-0.1, -0.05) is 11.3 Å². The maximum absolute atomic E-state index is 12.1. The highest BCUT2D eigenvalue weighted by Gasteiger charge is 2.31. The number of hydrogen-bond acceptors (Lipinski definition) is 5. The lowest BCUT2D eigenvalue weighted by Crippen LogP contribution is -2.55. The standard InChI is InChI=1S/C10H11N3O4S/c1-6-9(14)11-4-5-12(6)10(15)7-2-3-8(18-7)13(16)17/h2-3,6H,4-5H2,1H3,(H,11,14). The summed E-state index contributed by atoms with van der Waals surface area (Å²) in [5.74, 6) is -0.545. The third-order valence-corrected chi connectivity index (χ3v) is 3.77. The van der Waals surface area contributed by atoms with E-state index in [0.717, 1.165) is 11.3 Å².